The van der Waals surface area contributed by atoms with E-state index >= 15 is 0 Å². The van der Waals surface area contributed by atoms with Crippen LogP contribution in [-0.4, -0.2) is 44.7 Å². The van der Waals surface area contributed by atoms with Gasteiger partial charge in [-0.3, -0.25) is 4.79 Å². The van der Waals surface area contributed by atoms with Crippen LogP contribution in [0.5, 0.6) is 5.75 Å². The van der Waals surface area contributed by atoms with Crippen molar-refractivity contribution in [3.63, 3.8) is 0 Å². The van der Waals surface area contributed by atoms with Crippen LogP contribution in [0.1, 0.15) is 45.2 Å². The van der Waals surface area contributed by atoms with Crippen molar-refractivity contribution in [1.82, 2.24) is 5.32 Å². The zero-order valence-electron chi connectivity index (χ0n) is 18.6. The van der Waals surface area contributed by atoms with Gasteiger partial charge in [0.25, 0.3) is 5.91 Å². The Kier molecular flexibility index (Phi) is 8.14. The van der Waals surface area contributed by atoms with E-state index in [1.165, 1.54) is 10.5 Å². The van der Waals surface area contributed by atoms with Gasteiger partial charge in [0.2, 0.25) is 0 Å². The van der Waals surface area contributed by atoms with Gasteiger partial charge in [0, 0.05) is 0 Å². The second kappa shape index (κ2) is 11.0. The van der Waals surface area contributed by atoms with Gasteiger partial charge in [0.1, 0.15) is 5.75 Å². The van der Waals surface area contributed by atoms with E-state index in [1.54, 1.807) is 0 Å². The smallest absolute Gasteiger partial charge is 0.278 e. The molecule has 0 spiro atoms. The number of ether oxygens (including phenoxy) is 1. The molecule has 3 rings (SSSR count). The number of piperazine rings is 1. The third kappa shape index (κ3) is 5.54. The molecule has 1 aliphatic rings. The fourth-order valence-electron chi connectivity index (χ4n) is 4.24. The molecule has 0 bridgehead atoms. The largest absolute Gasteiger partial charge is 0.492 e. The van der Waals surface area contributed by atoms with Gasteiger partial charge in [-0.2, -0.15) is 0 Å². The van der Waals surface area contributed by atoms with Gasteiger partial charge < -0.3 is 19.9 Å². The summed E-state index contributed by atoms with van der Waals surface area (Å²) in [7, 11) is 0. The van der Waals surface area contributed by atoms with Gasteiger partial charge >= 0.3 is 0 Å². The SMILES string of the molecule is CCC[C@H](NC(=O)[C@H](C)[NH+]1CCN(c2ccccc2OCC)CC1)c1ccccc1. The van der Waals surface area contributed by atoms with Crippen LogP contribution in [0.4, 0.5) is 5.69 Å². The van der Waals surface area contributed by atoms with E-state index in [1.807, 2.05) is 37.3 Å². The van der Waals surface area contributed by atoms with Crippen molar-refractivity contribution in [3.8, 4) is 5.75 Å². The minimum Gasteiger partial charge on any atom is -0.492 e. The molecule has 0 aliphatic carbocycles. The minimum atomic E-state index is -0.0580. The molecule has 1 heterocycles. The molecular weight excluding hydrogens is 374 g/mol. The Balaban J connectivity index is 1.58. The lowest BCUT2D eigenvalue weighted by atomic mass is 10.0. The van der Waals surface area contributed by atoms with Crippen LogP contribution in [0.2, 0.25) is 0 Å². The Labute approximate surface area is 181 Å². The molecule has 2 N–H and O–H groups in total. The molecule has 30 heavy (non-hydrogen) atoms. The van der Waals surface area contributed by atoms with Gasteiger partial charge in [0.05, 0.1) is 44.5 Å². The number of carbonyl (C=O) groups is 1. The van der Waals surface area contributed by atoms with Crippen molar-refractivity contribution in [2.45, 2.75) is 45.7 Å². The number of nitrogens with zero attached hydrogens (tertiary/aromatic N) is 1. The Morgan fingerprint density at radius 1 is 1.07 bits per heavy atom. The summed E-state index contributed by atoms with van der Waals surface area (Å²) in [6.07, 6.45) is 2.00. The number of hydrogen-bond donors (Lipinski definition) is 2. The molecule has 162 valence electrons. The minimum absolute atomic E-state index is 0.0580. The van der Waals surface area contributed by atoms with E-state index in [0.29, 0.717) is 6.61 Å². The van der Waals surface area contributed by atoms with Crippen LogP contribution in [0.25, 0.3) is 0 Å². The maximum atomic E-state index is 13.0. The summed E-state index contributed by atoms with van der Waals surface area (Å²) in [6.45, 7) is 10.6. The molecule has 1 aliphatic heterocycles. The molecule has 5 heteroatoms. The number of amides is 1. The monoisotopic (exact) mass is 410 g/mol. The number of anilines is 1. The first kappa shape index (κ1) is 22.2. The first-order chi connectivity index (χ1) is 14.6. The Hall–Kier alpha value is -2.53. The molecule has 1 saturated heterocycles. The van der Waals surface area contributed by atoms with Crippen LogP contribution in [-0.2, 0) is 4.79 Å². The number of nitrogens with one attached hydrogen (secondary N) is 2. The summed E-state index contributed by atoms with van der Waals surface area (Å²) in [5.74, 6) is 1.09. The summed E-state index contributed by atoms with van der Waals surface area (Å²) in [5, 5.41) is 3.31. The quantitative estimate of drug-likeness (QED) is 0.668. The van der Waals surface area contributed by atoms with Crippen molar-refractivity contribution >= 4 is 11.6 Å². The number of rotatable bonds is 9. The summed E-state index contributed by atoms with van der Waals surface area (Å²) < 4.78 is 5.80. The van der Waals surface area contributed by atoms with Crippen LogP contribution in [0.3, 0.4) is 0 Å². The number of carbonyl (C=O) groups excluding carboxylic acids is 1. The van der Waals surface area contributed by atoms with Crippen molar-refractivity contribution < 1.29 is 14.4 Å². The Morgan fingerprint density at radius 2 is 1.73 bits per heavy atom. The molecule has 0 unspecified atom stereocenters. The second-order valence-electron chi connectivity index (χ2n) is 8.03. The number of para-hydroxylation sites is 2. The topological polar surface area (TPSA) is 46.0 Å². The van der Waals surface area contributed by atoms with Crippen LogP contribution >= 0.6 is 0 Å². The summed E-state index contributed by atoms with van der Waals surface area (Å²) in [4.78, 5) is 16.8. The van der Waals surface area contributed by atoms with Crippen LogP contribution < -0.4 is 19.9 Å². The first-order valence-electron chi connectivity index (χ1n) is 11.3. The van der Waals surface area contributed by atoms with Crippen LogP contribution in [0, 0.1) is 0 Å². The third-order valence-electron chi connectivity index (χ3n) is 6.01. The zero-order chi connectivity index (χ0) is 21.3. The Bertz CT molecular complexity index is 788. The second-order valence-corrected chi connectivity index (χ2v) is 8.03. The van der Waals surface area contributed by atoms with Gasteiger partial charge in [-0.1, -0.05) is 55.8 Å². The van der Waals surface area contributed by atoms with Crippen molar-refractivity contribution in [2.75, 3.05) is 37.7 Å². The molecular formula is C25H36N3O2+. The predicted octanol–water partition coefficient (Wildman–Crippen LogP) is 2.84. The molecule has 0 radical (unpaired) electrons. The number of benzene rings is 2. The van der Waals surface area contributed by atoms with E-state index in [0.717, 1.165) is 50.5 Å². The molecule has 0 saturated carbocycles. The van der Waals surface area contributed by atoms with Crippen molar-refractivity contribution in [3.05, 3.63) is 60.2 Å². The fraction of sp³-hybridized carbons (Fsp3) is 0.480. The zero-order valence-corrected chi connectivity index (χ0v) is 18.6. The highest BCUT2D eigenvalue weighted by molar-refractivity contribution is 5.80. The molecule has 0 aromatic heterocycles. The summed E-state index contributed by atoms with van der Waals surface area (Å²) in [5.41, 5.74) is 2.34. The summed E-state index contributed by atoms with van der Waals surface area (Å²) in [6, 6.07) is 18.6. The van der Waals surface area contributed by atoms with E-state index in [2.05, 4.69) is 48.3 Å². The third-order valence-corrected chi connectivity index (χ3v) is 6.01. The maximum absolute atomic E-state index is 13.0. The molecule has 2 atom stereocenters. The average molecular weight is 411 g/mol. The van der Waals surface area contributed by atoms with Gasteiger partial charge in [-0.15, -0.1) is 0 Å². The van der Waals surface area contributed by atoms with Crippen LogP contribution in [0.15, 0.2) is 54.6 Å². The van der Waals surface area contributed by atoms with Gasteiger partial charge in [-0.25, -0.2) is 0 Å². The van der Waals surface area contributed by atoms with Crippen molar-refractivity contribution in [2.24, 2.45) is 0 Å². The molecule has 5 nitrogen and oxygen atoms in total. The molecule has 1 fully saturated rings. The number of hydrogen-bond acceptors (Lipinski definition) is 3. The fourth-order valence-corrected chi connectivity index (χ4v) is 4.24. The maximum Gasteiger partial charge on any atom is 0.278 e. The predicted molar refractivity (Wildman–Crippen MR) is 122 cm³/mol. The van der Waals surface area contributed by atoms with Crippen molar-refractivity contribution in [1.29, 1.82) is 0 Å². The van der Waals surface area contributed by atoms with E-state index in [-0.39, 0.29) is 18.0 Å². The lowest BCUT2D eigenvalue weighted by molar-refractivity contribution is -0.914. The lowest BCUT2D eigenvalue weighted by Crippen LogP contribution is -3.19. The highest BCUT2D eigenvalue weighted by Gasteiger charge is 2.31. The molecule has 2 aromatic rings. The normalized spacial score (nSPS) is 16.7. The van der Waals surface area contributed by atoms with Gasteiger partial charge in [-0.05, 0) is 38.0 Å². The molecule has 1 amide bonds. The van der Waals surface area contributed by atoms with E-state index in [9.17, 15) is 4.79 Å². The summed E-state index contributed by atoms with van der Waals surface area (Å²) >= 11 is 0. The number of quaternary nitrogens is 1. The lowest BCUT2D eigenvalue weighted by Gasteiger charge is -2.36. The highest BCUT2D eigenvalue weighted by atomic mass is 16.5. The standard InChI is InChI=1S/C25H35N3O2/c1-4-11-22(21-12-7-6-8-13-21)26-25(29)20(3)27-16-18-28(19-17-27)23-14-9-10-15-24(23)30-5-2/h6-10,12-15,20,22H,4-5,11,16-19H2,1-3H3,(H,26,29)/p+1/t20-,22-/m0/s1. The van der Waals surface area contributed by atoms with E-state index in [4.69, 9.17) is 4.74 Å². The highest BCUT2D eigenvalue weighted by Crippen LogP contribution is 2.27. The van der Waals surface area contributed by atoms with Gasteiger partial charge in [0.15, 0.2) is 6.04 Å². The molecule has 2 aromatic carbocycles. The first-order valence-corrected chi connectivity index (χ1v) is 11.3. The average Bonchev–Trinajstić information content (AvgIpc) is 2.79. The van der Waals surface area contributed by atoms with E-state index < -0.39 is 0 Å². The Morgan fingerprint density at radius 3 is 2.40 bits per heavy atom.